The Kier molecular flexibility index (Phi) is 4.95. The van der Waals surface area contributed by atoms with Crippen molar-refractivity contribution in [1.29, 1.82) is 0 Å². The van der Waals surface area contributed by atoms with Crippen LogP contribution in [0.1, 0.15) is 25.0 Å². The Morgan fingerprint density at radius 3 is 2.85 bits per heavy atom. The summed E-state index contributed by atoms with van der Waals surface area (Å²) < 4.78 is 28.2. The summed E-state index contributed by atoms with van der Waals surface area (Å²) in [6.45, 7) is 3.18. The molecule has 1 aromatic rings. The molecule has 7 heteroatoms. The topological polar surface area (TPSA) is 74.3 Å². The van der Waals surface area contributed by atoms with Crippen LogP contribution >= 0.6 is 0 Å². The van der Waals surface area contributed by atoms with Crippen molar-refractivity contribution < 1.29 is 8.42 Å². The van der Waals surface area contributed by atoms with Crippen LogP contribution in [0.15, 0.2) is 18.3 Å². The monoisotopic (exact) mass is 298 g/mol. The molecule has 0 radical (unpaired) electrons. The van der Waals surface area contributed by atoms with Gasteiger partial charge in [-0.25, -0.2) is 0 Å². The van der Waals surface area contributed by atoms with Gasteiger partial charge < -0.3 is 5.32 Å². The van der Waals surface area contributed by atoms with Crippen LogP contribution in [0.3, 0.4) is 0 Å². The molecule has 1 aliphatic rings. The zero-order valence-corrected chi connectivity index (χ0v) is 12.8. The van der Waals surface area contributed by atoms with Crippen molar-refractivity contribution in [2.45, 2.75) is 32.2 Å². The van der Waals surface area contributed by atoms with Crippen molar-refractivity contribution >= 4 is 15.9 Å². The number of anilines is 1. The first-order chi connectivity index (χ1) is 9.47. The van der Waals surface area contributed by atoms with Gasteiger partial charge in [0.25, 0.3) is 0 Å². The summed E-state index contributed by atoms with van der Waals surface area (Å²) in [6.07, 6.45) is 4.89. The quantitative estimate of drug-likeness (QED) is 0.705. The van der Waals surface area contributed by atoms with Crippen molar-refractivity contribution in [3.63, 3.8) is 0 Å². The zero-order chi connectivity index (χ0) is 14.6. The molecular weight excluding hydrogens is 276 g/mol. The smallest absolute Gasteiger partial charge is 0.301 e. The molecule has 0 amide bonds. The van der Waals surface area contributed by atoms with Crippen LogP contribution in [0, 0.1) is 6.92 Å². The lowest BCUT2D eigenvalue weighted by atomic mass is 10.3. The van der Waals surface area contributed by atoms with Crippen LogP contribution in [0.5, 0.6) is 0 Å². The average molecular weight is 298 g/mol. The van der Waals surface area contributed by atoms with E-state index >= 15 is 0 Å². The number of aryl methyl sites for hydroxylation is 1. The lowest BCUT2D eigenvalue weighted by Crippen LogP contribution is -2.34. The summed E-state index contributed by atoms with van der Waals surface area (Å²) in [5.41, 5.74) is 1.32. The standard InChI is InChI=1S/C13H22N4O2S/c1-11-10-13(6-8-14-11)16-20(18,19)17(2)9-3-7-15-12-4-5-12/h6,8,10,12,15H,3-5,7,9H2,1-2H3,(H,14,16). The van der Waals surface area contributed by atoms with E-state index in [4.69, 9.17) is 0 Å². The molecule has 2 N–H and O–H groups in total. The molecule has 1 heterocycles. The Labute approximate surface area is 120 Å². The first-order valence-electron chi connectivity index (χ1n) is 6.87. The number of pyridine rings is 1. The van der Waals surface area contributed by atoms with E-state index in [2.05, 4.69) is 15.0 Å². The first-order valence-corrected chi connectivity index (χ1v) is 8.31. The normalized spacial score (nSPS) is 15.6. The predicted octanol–water partition coefficient (Wildman–Crippen LogP) is 1.12. The summed E-state index contributed by atoms with van der Waals surface area (Å²) in [5.74, 6) is 0. The Morgan fingerprint density at radius 2 is 2.20 bits per heavy atom. The van der Waals surface area contributed by atoms with Gasteiger partial charge >= 0.3 is 10.2 Å². The molecule has 0 aromatic carbocycles. The molecule has 1 fully saturated rings. The van der Waals surface area contributed by atoms with Gasteiger partial charge in [-0.1, -0.05) is 0 Å². The minimum atomic E-state index is -3.49. The maximum atomic E-state index is 12.1. The second kappa shape index (κ2) is 6.51. The van der Waals surface area contributed by atoms with Gasteiger partial charge in [0.1, 0.15) is 0 Å². The maximum absolute atomic E-state index is 12.1. The molecule has 0 saturated heterocycles. The third kappa shape index (κ3) is 4.73. The van der Waals surface area contributed by atoms with Crippen LogP contribution in [0.25, 0.3) is 0 Å². The van der Waals surface area contributed by atoms with E-state index in [1.807, 2.05) is 6.92 Å². The van der Waals surface area contributed by atoms with Crippen molar-refractivity contribution in [3.05, 3.63) is 24.0 Å². The van der Waals surface area contributed by atoms with E-state index in [-0.39, 0.29) is 0 Å². The van der Waals surface area contributed by atoms with Crippen LogP contribution < -0.4 is 10.0 Å². The lowest BCUT2D eigenvalue weighted by Gasteiger charge is -2.18. The summed E-state index contributed by atoms with van der Waals surface area (Å²) >= 11 is 0. The third-order valence-corrected chi connectivity index (χ3v) is 4.71. The highest BCUT2D eigenvalue weighted by atomic mass is 32.2. The molecule has 1 aromatic heterocycles. The number of hydrogen-bond acceptors (Lipinski definition) is 4. The molecule has 112 valence electrons. The van der Waals surface area contributed by atoms with Crippen LogP contribution in [0.4, 0.5) is 5.69 Å². The Bertz CT molecular complexity index is 543. The van der Waals surface area contributed by atoms with E-state index in [1.165, 1.54) is 17.1 Å². The van der Waals surface area contributed by atoms with Gasteiger partial charge in [-0.15, -0.1) is 0 Å². The summed E-state index contributed by atoms with van der Waals surface area (Å²) in [6, 6.07) is 4.02. The highest BCUT2D eigenvalue weighted by Crippen LogP contribution is 2.18. The van der Waals surface area contributed by atoms with Gasteiger partial charge in [0.15, 0.2) is 0 Å². The maximum Gasteiger partial charge on any atom is 0.301 e. The van der Waals surface area contributed by atoms with Crippen molar-refractivity contribution in [2.75, 3.05) is 24.9 Å². The van der Waals surface area contributed by atoms with Gasteiger partial charge in [-0.05, 0) is 44.9 Å². The fourth-order valence-electron chi connectivity index (χ4n) is 1.85. The van der Waals surface area contributed by atoms with Crippen molar-refractivity contribution in [3.8, 4) is 0 Å². The molecule has 0 unspecified atom stereocenters. The molecule has 20 heavy (non-hydrogen) atoms. The highest BCUT2D eigenvalue weighted by Gasteiger charge is 2.21. The SMILES string of the molecule is Cc1cc(NS(=O)(=O)N(C)CCCNC2CC2)ccn1. The number of rotatable bonds is 8. The second-order valence-corrected chi connectivity index (χ2v) is 6.97. The van der Waals surface area contributed by atoms with E-state index in [0.717, 1.165) is 18.7 Å². The summed E-state index contributed by atoms with van der Waals surface area (Å²) in [7, 11) is -1.90. The molecule has 0 atom stereocenters. The minimum absolute atomic E-state index is 0.499. The number of aromatic nitrogens is 1. The number of nitrogens with zero attached hydrogens (tertiary/aromatic N) is 2. The highest BCUT2D eigenvalue weighted by molar-refractivity contribution is 7.90. The number of hydrogen-bond donors (Lipinski definition) is 2. The summed E-state index contributed by atoms with van der Waals surface area (Å²) in [4.78, 5) is 4.04. The Morgan fingerprint density at radius 1 is 1.45 bits per heavy atom. The molecule has 0 aliphatic heterocycles. The van der Waals surface area contributed by atoms with Gasteiger partial charge in [0.05, 0.1) is 5.69 Å². The van der Waals surface area contributed by atoms with E-state index in [1.54, 1.807) is 25.4 Å². The summed E-state index contributed by atoms with van der Waals surface area (Å²) in [5, 5.41) is 3.37. The number of nitrogens with one attached hydrogen (secondary N) is 2. The molecule has 0 spiro atoms. The molecule has 0 bridgehead atoms. The predicted molar refractivity (Wildman–Crippen MR) is 79.8 cm³/mol. The van der Waals surface area contributed by atoms with Gasteiger partial charge in [0.2, 0.25) is 0 Å². The molecule has 1 aliphatic carbocycles. The lowest BCUT2D eigenvalue weighted by molar-refractivity contribution is 0.458. The second-order valence-electron chi connectivity index (χ2n) is 5.20. The molecular formula is C13H22N4O2S. The fraction of sp³-hybridized carbons (Fsp3) is 0.615. The fourth-order valence-corrected chi connectivity index (χ4v) is 2.80. The van der Waals surface area contributed by atoms with Crippen LogP contribution in [-0.4, -0.2) is 43.9 Å². The average Bonchev–Trinajstić information content (AvgIpc) is 3.17. The molecule has 1 saturated carbocycles. The Balaban J connectivity index is 1.81. The van der Waals surface area contributed by atoms with Gasteiger partial charge in [0, 0.05) is 31.5 Å². The molecule has 6 nitrogen and oxygen atoms in total. The van der Waals surface area contributed by atoms with Crippen molar-refractivity contribution in [1.82, 2.24) is 14.6 Å². The van der Waals surface area contributed by atoms with E-state index < -0.39 is 10.2 Å². The van der Waals surface area contributed by atoms with Crippen LogP contribution in [-0.2, 0) is 10.2 Å². The van der Waals surface area contributed by atoms with Crippen LogP contribution in [0.2, 0.25) is 0 Å². The largest absolute Gasteiger partial charge is 0.314 e. The zero-order valence-electron chi connectivity index (χ0n) is 12.0. The third-order valence-electron chi connectivity index (χ3n) is 3.21. The van der Waals surface area contributed by atoms with Gasteiger partial charge in [-0.3, -0.25) is 9.71 Å². The minimum Gasteiger partial charge on any atom is -0.314 e. The van der Waals surface area contributed by atoms with Crippen molar-refractivity contribution in [2.24, 2.45) is 0 Å². The Hall–Kier alpha value is -1.18. The van der Waals surface area contributed by atoms with E-state index in [9.17, 15) is 8.42 Å². The molecule has 2 rings (SSSR count). The van der Waals surface area contributed by atoms with E-state index in [0.29, 0.717) is 18.3 Å². The van der Waals surface area contributed by atoms with Gasteiger partial charge in [-0.2, -0.15) is 12.7 Å². The first kappa shape index (κ1) is 15.2.